The summed E-state index contributed by atoms with van der Waals surface area (Å²) in [6.45, 7) is 4.72. The molecule has 1 fully saturated rings. The monoisotopic (exact) mass is 286 g/mol. The summed E-state index contributed by atoms with van der Waals surface area (Å²) in [5.41, 5.74) is 0. The van der Waals surface area contributed by atoms with Crippen molar-refractivity contribution in [3.8, 4) is 0 Å². The maximum atomic E-state index is 11.8. The fourth-order valence-corrected chi connectivity index (χ4v) is 3.49. The average molecular weight is 287 g/mol. The summed E-state index contributed by atoms with van der Waals surface area (Å²) in [5, 5.41) is 3.26. The van der Waals surface area contributed by atoms with E-state index in [-0.39, 0.29) is 36.3 Å². The Morgan fingerprint density at radius 1 is 1.53 bits per heavy atom. The lowest BCUT2D eigenvalue weighted by Crippen LogP contribution is -2.52. The van der Waals surface area contributed by atoms with E-state index >= 15 is 0 Å². The minimum Gasteiger partial charge on any atom is -0.381 e. The number of nitrogens with one attached hydrogen (secondary N) is 2. The van der Waals surface area contributed by atoms with Crippen LogP contribution in [0.1, 0.15) is 26.7 Å². The highest BCUT2D eigenvalue weighted by Gasteiger charge is 2.26. The summed E-state index contributed by atoms with van der Waals surface area (Å²) in [6.07, 6.45) is 1.64. The molecule has 0 amide bonds. The van der Waals surface area contributed by atoms with Crippen LogP contribution in [0.5, 0.6) is 0 Å². The van der Waals surface area contributed by atoms with Crippen LogP contribution in [0, 0.1) is 0 Å². The van der Waals surface area contributed by atoms with Crippen LogP contribution in [0.4, 0.5) is 0 Å². The van der Waals surface area contributed by atoms with Gasteiger partial charge in [0.1, 0.15) is 0 Å². The van der Waals surface area contributed by atoms with Crippen molar-refractivity contribution >= 4 is 22.4 Å². The maximum absolute atomic E-state index is 11.8. The Morgan fingerprint density at radius 2 is 2.18 bits per heavy atom. The van der Waals surface area contributed by atoms with Gasteiger partial charge in [-0.3, -0.25) is 0 Å². The summed E-state index contributed by atoms with van der Waals surface area (Å²) in [4.78, 5) is 0. The summed E-state index contributed by atoms with van der Waals surface area (Å²) in [7, 11) is -1.72. The van der Waals surface area contributed by atoms with E-state index in [0.29, 0.717) is 0 Å². The van der Waals surface area contributed by atoms with E-state index in [2.05, 4.69) is 10.0 Å². The molecule has 17 heavy (non-hydrogen) atoms. The molecule has 2 N–H and O–H groups in total. The third-order valence-electron chi connectivity index (χ3n) is 2.95. The topological polar surface area (TPSA) is 67.4 Å². The fraction of sp³-hybridized carbons (Fsp3) is 1.00. The first-order valence-electron chi connectivity index (χ1n) is 5.71. The molecule has 104 valence electrons. The highest BCUT2D eigenvalue weighted by Crippen LogP contribution is 2.10. The Balaban J connectivity index is 0.00000256. The van der Waals surface area contributed by atoms with E-state index in [0.717, 1.165) is 19.4 Å². The highest BCUT2D eigenvalue weighted by molar-refractivity contribution is 7.89. The Bertz CT molecular complexity index is 311. The van der Waals surface area contributed by atoms with Crippen molar-refractivity contribution in [3.63, 3.8) is 0 Å². The molecule has 0 radical (unpaired) electrons. The first-order valence-corrected chi connectivity index (χ1v) is 7.36. The van der Waals surface area contributed by atoms with Crippen LogP contribution in [0.15, 0.2) is 0 Å². The second kappa shape index (κ2) is 7.53. The second-order valence-corrected chi connectivity index (χ2v) is 6.24. The molecule has 0 bridgehead atoms. The Labute approximate surface area is 110 Å². The maximum Gasteiger partial charge on any atom is 0.214 e. The summed E-state index contributed by atoms with van der Waals surface area (Å²) < 4.78 is 31.3. The van der Waals surface area contributed by atoms with Gasteiger partial charge < -0.3 is 10.1 Å². The lowest BCUT2D eigenvalue weighted by molar-refractivity contribution is 0.136. The molecule has 3 atom stereocenters. The number of hydrogen-bond donors (Lipinski definition) is 2. The second-order valence-electron chi connectivity index (χ2n) is 4.44. The smallest absolute Gasteiger partial charge is 0.214 e. The molecule has 5 nitrogen and oxygen atoms in total. The Hall–Kier alpha value is 0.120. The van der Waals surface area contributed by atoms with Gasteiger partial charge in [-0.1, -0.05) is 0 Å². The lowest BCUT2D eigenvalue weighted by atomic mass is 10.0. The van der Waals surface area contributed by atoms with Crippen LogP contribution in [-0.2, 0) is 14.8 Å². The minimum atomic E-state index is -3.24. The van der Waals surface area contributed by atoms with Gasteiger partial charge in [0.2, 0.25) is 10.0 Å². The van der Waals surface area contributed by atoms with E-state index in [9.17, 15) is 8.42 Å². The number of sulfonamides is 1. The van der Waals surface area contributed by atoms with Crippen molar-refractivity contribution in [2.45, 2.75) is 44.9 Å². The molecule has 0 saturated carbocycles. The van der Waals surface area contributed by atoms with Gasteiger partial charge in [0.15, 0.2) is 0 Å². The van der Waals surface area contributed by atoms with Crippen LogP contribution in [0.3, 0.4) is 0 Å². The van der Waals surface area contributed by atoms with Crippen molar-refractivity contribution < 1.29 is 13.2 Å². The van der Waals surface area contributed by atoms with Crippen molar-refractivity contribution in [2.75, 3.05) is 19.4 Å². The molecule has 1 heterocycles. The molecule has 0 aliphatic carbocycles. The number of halogens is 1. The normalized spacial score (nSPS) is 27.2. The zero-order chi connectivity index (χ0) is 12.2. The van der Waals surface area contributed by atoms with Crippen LogP contribution >= 0.6 is 12.4 Å². The zero-order valence-corrected chi connectivity index (χ0v) is 12.2. The van der Waals surface area contributed by atoms with Crippen molar-refractivity contribution in [1.82, 2.24) is 10.0 Å². The number of ether oxygens (including phenoxy) is 1. The van der Waals surface area contributed by atoms with Gasteiger partial charge >= 0.3 is 0 Å². The summed E-state index contributed by atoms with van der Waals surface area (Å²) >= 11 is 0. The first-order chi connectivity index (χ1) is 7.44. The van der Waals surface area contributed by atoms with Gasteiger partial charge in [-0.2, -0.15) is 0 Å². The van der Waals surface area contributed by atoms with E-state index in [1.165, 1.54) is 7.11 Å². The van der Waals surface area contributed by atoms with Gasteiger partial charge in [0, 0.05) is 19.2 Å². The number of piperidine rings is 1. The number of hydrogen-bond acceptors (Lipinski definition) is 4. The summed E-state index contributed by atoms with van der Waals surface area (Å²) in [6, 6.07) is 0.198. The van der Waals surface area contributed by atoms with Gasteiger partial charge in [0.25, 0.3) is 0 Å². The first kappa shape index (κ1) is 17.1. The fourth-order valence-electron chi connectivity index (χ4n) is 1.86. The van der Waals surface area contributed by atoms with Crippen molar-refractivity contribution in [3.05, 3.63) is 0 Å². The molecule has 1 saturated heterocycles. The largest absolute Gasteiger partial charge is 0.381 e. The van der Waals surface area contributed by atoms with Crippen molar-refractivity contribution in [2.24, 2.45) is 0 Å². The van der Waals surface area contributed by atoms with E-state index in [1.54, 1.807) is 6.92 Å². The van der Waals surface area contributed by atoms with Crippen molar-refractivity contribution in [1.29, 1.82) is 0 Å². The van der Waals surface area contributed by atoms with Crippen LogP contribution in [-0.4, -0.2) is 46.0 Å². The third kappa shape index (κ3) is 6.01. The molecule has 1 aliphatic heterocycles. The summed E-state index contributed by atoms with van der Waals surface area (Å²) in [5.74, 6) is 0.0206. The Morgan fingerprint density at radius 3 is 2.71 bits per heavy atom. The SMILES string of the molecule is COC(C)CS(=O)(=O)NC1CCCNC1C.Cl. The molecule has 0 spiro atoms. The van der Waals surface area contributed by atoms with Gasteiger partial charge in [-0.05, 0) is 33.2 Å². The van der Waals surface area contributed by atoms with E-state index in [4.69, 9.17) is 4.74 Å². The molecular formula is C10H23ClN2O3S. The molecule has 0 aromatic rings. The standard InChI is InChI=1S/C10H22N2O3S.ClH/c1-8(15-3)7-16(13,14)12-10-5-4-6-11-9(10)2;/h8-12H,4-7H2,1-3H3;1H. The lowest BCUT2D eigenvalue weighted by Gasteiger charge is -2.30. The van der Waals surface area contributed by atoms with Gasteiger partial charge in [-0.15, -0.1) is 12.4 Å². The van der Waals surface area contributed by atoms with E-state index in [1.807, 2.05) is 6.92 Å². The van der Waals surface area contributed by atoms with Crippen LogP contribution < -0.4 is 10.0 Å². The molecule has 7 heteroatoms. The van der Waals surface area contributed by atoms with Crippen LogP contribution in [0.2, 0.25) is 0 Å². The molecule has 0 aromatic heterocycles. The van der Waals surface area contributed by atoms with Gasteiger partial charge in [-0.25, -0.2) is 13.1 Å². The van der Waals surface area contributed by atoms with Crippen LogP contribution in [0.25, 0.3) is 0 Å². The predicted octanol–water partition coefficient (Wildman–Crippen LogP) is 0.503. The molecule has 1 rings (SSSR count). The quantitative estimate of drug-likeness (QED) is 0.772. The minimum absolute atomic E-state index is 0. The third-order valence-corrected chi connectivity index (χ3v) is 4.52. The highest BCUT2D eigenvalue weighted by atomic mass is 35.5. The van der Waals surface area contributed by atoms with Gasteiger partial charge in [0.05, 0.1) is 11.9 Å². The molecular weight excluding hydrogens is 264 g/mol. The predicted molar refractivity (Wildman–Crippen MR) is 71.1 cm³/mol. The molecule has 0 aromatic carbocycles. The Kier molecular flexibility index (Phi) is 7.58. The number of methoxy groups -OCH3 is 1. The molecule has 3 unspecified atom stereocenters. The average Bonchev–Trinajstić information content (AvgIpc) is 2.20. The number of rotatable bonds is 5. The molecule has 1 aliphatic rings. The zero-order valence-electron chi connectivity index (χ0n) is 10.6. The van der Waals surface area contributed by atoms with E-state index < -0.39 is 10.0 Å².